The summed E-state index contributed by atoms with van der Waals surface area (Å²) in [5.41, 5.74) is 0. The molecule has 0 aliphatic heterocycles. The lowest BCUT2D eigenvalue weighted by atomic mass is 10.3. The number of rotatable bonds is 3. The third kappa shape index (κ3) is 3.61. The maximum absolute atomic E-state index is 12.6. The van der Waals surface area contributed by atoms with Gasteiger partial charge in [-0.2, -0.15) is 0 Å². The monoisotopic (exact) mass is 245 g/mol. The first-order valence-electron chi connectivity index (χ1n) is 4.96. The van der Waals surface area contributed by atoms with Gasteiger partial charge in [0.25, 0.3) is 0 Å². The topological polar surface area (TPSA) is 54.9 Å². The fourth-order valence-electron chi connectivity index (χ4n) is 0.936. The summed E-state index contributed by atoms with van der Waals surface area (Å²) in [5, 5.41) is 0. The average Bonchev–Trinajstić information content (AvgIpc) is 2.17. The molecule has 0 aromatic carbocycles. The molecule has 6 heteroatoms. The standard InChI is InChI=1S/C10H16FN3OS/c1-7(14-16(15)10(2,3)4)9-12-5-8(11)6-13-9/h5-7,14H,1-4H3/t7-,16?/m0/s1. The second-order valence-corrected chi connectivity index (χ2v) is 6.48. The Labute approximate surface area is 97.3 Å². The molecule has 4 nitrogen and oxygen atoms in total. The molecule has 1 rings (SSSR count). The predicted octanol–water partition coefficient (Wildman–Crippen LogP) is 1.73. The van der Waals surface area contributed by atoms with Gasteiger partial charge in [0.2, 0.25) is 0 Å². The SMILES string of the molecule is C[C@H](NS(=O)C(C)(C)C)c1ncc(F)cn1. The van der Waals surface area contributed by atoms with Crippen molar-refractivity contribution in [2.24, 2.45) is 0 Å². The summed E-state index contributed by atoms with van der Waals surface area (Å²) in [7, 11) is -1.20. The predicted molar refractivity (Wildman–Crippen MR) is 61.4 cm³/mol. The van der Waals surface area contributed by atoms with Gasteiger partial charge in [-0.15, -0.1) is 0 Å². The van der Waals surface area contributed by atoms with Gasteiger partial charge in [0, 0.05) is 0 Å². The van der Waals surface area contributed by atoms with Gasteiger partial charge < -0.3 is 0 Å². The highest BCUT2D eigenvalue weighted by Gasteiger charge is 2.22. The third-order valence-electron chi connectivity index (χ3n) is 1.87. The first kappa shape index (κ1) is 13.2. The first-order valence-corrected chi connectivity index (χ1v) is 6.11. The lowest BCUT2D eigenvalue weighted by Gasteiger charge is -2.21. The summed E-state index contributed by atoms with van der Waals surface area (Å²) >= 11 is 0. The van der Waals surface area contributed by atoms with Crippen molar-refractivity contribution in [3.63, 3.8) is 0 Å². The van der Waals surface area contributed by atoms with Crippen molar-refractivity contribution < 1.29 is 8.60 Å². The van der Waals surface area contributed by atoms with E-state index in [9.17, 15) is 8.60 Å². The average molecular weight is 245 g/mol. The third-order valence-corrected chi connectivity index (χ3v) is 3.55. The Hall–Kier alpha value is -0.880. The molecule has 16 heavy (non-hydrogen) atoms. The van der Waals surface area contributed by atoms with Crippen LogP contribution in [0.1, 0.15) is 39.6 Å². The van der Waals surface area contributed by atoms with Gasteiger partial charge in [-0.3, -0.25) is 0 Å². The number of halogens is 1. The molecule has 90 valence electrons. The van der Waals surface area contributed by atoms with E-state index in [2.05, 4.69) is 14.7 Å². The maximum Gasteiger partial charge on any atom is 0.159 e. The summed E-state index contributed by atoms with van der Waals surface area (Å²) in [5.74, 6) is -0.0492. The van der Waals surface area contributed by atoms with Crippen LogP contribution in [0.2, 0.25) is 0 Å². The second-order valence-electron chi connectivity index (χ2n) is 4.48. The fourth-order valence-corrected chi connectivity index (χ4v) is 1.72. The van der Waals surface area contributed by atoms with Gasteiger partial charge in [0.15, 0.2) is 5.82 Å². The van der Waals surface area contributed by atoms with Crippen LogP contribution in [0.15, 0.2) is 12.4 Å². The molecule has 1 N–H and O–H groups in total. The molecule has 1 aromatic rings. The van der Waals surface area contributed by atoms with Crippen molar-refractivity contribution >= 4 is 11.0 Å². The van der Waals surface area contributed by atoms with Crippen LogP contribution in [0.25, 0.3) is 0 Å². The number of hydrogen-bond acceptors (Lipinski definition) is 3. The van der Waals surface area contributed by atoms with Crippen molar-refractivity contribution in [3.05, 3.63) is 24.0 Å². The van der Waals surface area contributed by atoms with Crippen LogP contribution in [-0.2, 0) is 11.0 Å². The van der Waals surface area contributed by atoms with Gasteiger partial charge in [0.05, 0.1) is 34.2 Å². The minimum Gasteiger partial charge on any atom is -0.242 e. The fraction of sp³-hybridized carbons (Fsp3) is 0.600. The van der Waals surface area contributed by atoms with E-state index in [0.717, 1.165) is 12.4 Å². The van der Waals surface area contributed by atoms with Crippen molar-refractivity contribution in [1.29, 1.82) is 0 Å². The Bertz CT molecular complexity index is 375. The molecular formula is C10H16FN3OS. The maximum atomic E-state index is 12.6. The second kappa shape index (κ2) is 4.97. The Kier molecular flexibility index (Phi) is 4.09. The quantitative estimate of drug-likeness (QED) is 0.882. The number of aromatic nitrogens is 2. The van der Waals surface area contributed by atoms with Crippen LogP contribution in [0.5, 0.6) is 0 Å². The number of nitrogens with zero attached hydrogens (tertiary/aromatic N) is 2. The molecule has 0 bridgehead atoms. The number of nitrogens with one attached hydrogen (secondary N) is 1. The van der Waals surface area contributed by atoms with Crippen LogP contribution >= 0.6 is 0 Å². The van der Waals surface area contributed by atoms with Crippen LogP contribution < -0.4 is 4.72 Å². The van der Waals surface area contributed by atoms with Gasteiger partial charge in [-0.25, -0.2) is 23.3 Å². The van der Waals surface area contributed by atoms with Crippen LogP contribution in [0.3, 0.4) is 0 Å². The molecule has 2 atom stereocenters. The highest BCUT2D eigenvalue weighted by molar-refractivity contribution is 7.84. The van der Waals surface area contributed by atoms with Crippen molar-refractivity contribution in [1.82, 2.24) is 14.7 Å². The Morgan fingerprint density at radius 3 is 2.31 bits per heavy atom. The van der Waals surface area contributed by atoms with Crippen LogP contribution in [0.4, 0.5) is 4.39 Å². The van der Waals surface area contributed by atoms with Gasteiger partial charge >= 0.3 is 0 Å². The van der Waals surface area contributed by atoms with Gasteiger partial charge in [-0.1, -0.05) is 0 Å². The molecule has 0 aliphatic rings. The Balaban J connectivity index is 2.69. The van der Waals surface area contributed by atoms with Crippen LogP contribution in [-0.4, -0.2) is 18.9 Å². The normalized spacial score (nSPS) is 15.8. The highest BCUT2D eigenvalue weighted by Crippen LogP contribution is 2.13. The van der Waals surface area contributed by atoms with E-state index < -0.39 is 16.8 Å². The molecular weight excluding hydrogens is 229 g/mol. The molecule has 0 aliphatic carbocycles. The molecule has 0 fully saturated rings. The Morgan fingerprint density at radius 1 is 1.38 bits per heavy atom. The molecule has 0 amide bonds. The summed E-state index contributed by atoms with van der Waals surface area (Å²) < 4.78 is 26.9. The minimum atomic E-state index is -1.20. The molecule has 0 radical (unpaired) electrons. The smallest absolute Gasteiger partial charge is 0.159 e. The molecule has 0 saturated carbocycles. The van der Waals surface area contributed by atoms with Gasteiger partial charge in [0.1, 0.15) is 5.82 Å². The number of hydrogen-bond donors (Lipinski definition) is 1. The van der Waals surface area contributed by atoms with Crippen molar-refractivity contribution in [3.8, 4) is 0 Å². The van der Waals surface area contributed by atoms with E-state index in [1.807, 2.05) is 20.8 Å². The molecule has 1 aromatic heterocycles. The van der Waals surface area contributed by atoms with E-state index in [-0.39, 0.29) is 10.8 Å². The largest absolute Gasteiger partial charge is 0.242 e. The van der Waals surface area contributed by atoms with E-state index in [1.165, 1.54) is 0 Å². The lowest BCUT2D eigenvalue weighted by molar-refractivity contribution is 0.584. The highest BCUT2D eigenvalue weighted by atomic mass is 32.2. The summed E-state index contributed by atoms with van der Waals surface area (Å²) in [4.78, 5) is 7.66. The summed E-state index contributed by atoms with van der Waals surface area (Å²) in [6.07, 6.45) is 2.20. The first-order chi connectivity index (χ1) is 7.30. The van der Waals surface area contributed by atoms with E-state index in [0.29, 0.717) is 5.82 Å². The zero-order valence-electron chi connectivity index (χ0n) is 9.82. The molecule has 1 heterocycles. The van der Waals surface area contributed by atoms with E-state index in [4.69, 9.17) is 0 Å². The lowest BCUT2D eigenvalue weighted by Crippen LogP contribution is -2.35. The van der Waals surface area contributed by atoms with E-state index >= 15 is 0 Å². The van der Waals surface area contributed by atoms with Gasteiger partial charge in [-0.05, 0) is 27.7 Å². The Morgan fingerprint density at radius 2 is 1.88 bits per heavy atom. The van der Waals surface area contributed by atoms with Crippen molar-refractivity contribution in [2.75, 3.05) is 0 Å². The minimum absolute atomic E-state index is 0.277. The molecule has 1 unspecified atom stereocenters. The summed E-state index contributed by atoms with van der Waals surface area (Å²) in [6.45, 7) is 7.40. The van der Waals surface area contributed by atoms with Crippen molar-refractivity contribution in [2.45, 2.75) is 38.5 Å². The molecule has 0 saturated heterocycles. The van der Waals surface area contributed by atoms with E-state index in [1.54, 1.807) is 6.92 Å². The zero-order valence-corrected chi connectivity index (χ0v) is 10.6. The zero-order chi connectivity index (χ0) is 12.3. The van der Waals surface area contributed by atoms with Crippen LogP contribution in [0, 0.1) is 5.82 Å². The summed E-state index contributed by atoms with van der Waals surface area (Å²) in [6, 6.07) is -0.277. The molecule has 0 spiro atoms.